The van der Waals surface area contributed by atoms with Crippen molar-refractivity contribution in [1.82, 2.24) is 9.78 Å². The number of amides is 1. The SMILES string of the molecule is COc1ccc(C(=O)Nc2cnn(CC3CCCCO3)c2)c(OC)c1. The maximum absolute atomic E-state index is 12.5. The molecule has 1 fully saturated rings. The zero-order chi connectivity index (χ0) is 17.6. The molecule has 134 valence electrons. The van der Waals surface area contributed by atoms with Crippen LogP contribution in [0.15, 0.2) is 30.6 Å². The molecule has 1 unspecified atom stereocenters. The largest absolute Gasteiger partial charge is 0.497 e. The van der Waals surface area contributed by atoms with Crippen LogP contribution in [0, 0.1) is 0 Å². The Kier molecular flexibility index (Phi) is 5.55. The van der Waals surface area contributed by atoms with Gasteiger partial charge in [-0.15, -0.1) is 0 Å². The first-order chi connectivity index (χ1) is 12.2. The second kappa shape index (κ2) is 8.02. The van der Waals surface area contributed by atoms with Crippen LogP contribution in [0.4, 0.5) is 5.69 Å². The van der Waals surface area contributed by atoms with Gasteiger partial charge in [0.25, 0.3) is 5.91 Å². The van der Waals surface area contributed by atoms with Gasteiger partial charge in [-0.05, 0) is 31.4 Å². The lowest BCUT2D eigenvalue weighted by atomic mass is 10.1. The molecule has 0 saturated carbocycles. The number of carbonyl (C=O) groups excluding carboxylic acids is 1. The molecule has 1 amide bonds. The van der Waals surface area contributed by atoms with Crippen molar-refractivity contribution in [1.29, 1.82) is 0 Å². The summed E-state index contributed by atoms with van der Waals surface area (Å²) in [6.45, 7) is 1.51. The summed E-state index contributed by atoms with van der Waals surface area (Å²) >= 11 is 0. The van der Waals surface area contributed by atoms with E-state index in [-0.39, 0.29) is 12.0 Å². The molecule has 0 spiro atoms. The highest BCUT2D eigenvalue weighted by atomic mass is 16.5. The summed E-state index contributed by atoms with van der Waals surface area (Å²) in [7, 11) is 3.09. The smallest absolute Gasteiger partial charge is 0.259 e. The highest BCUT2D eigenvalue weighted by Gasteiger charge is 2.17. The molecule has 1 aromatic heterocycles. The Morgan fingerprint density at radius 3 is 2.96 bits per heavy atom. The maximum Gasteiger partial charge on any atom is 0.259 e. The molecular weight excluding hydrogens is 322 g/mol. The molecule has 0 bridgehead atoms. The lowest BCUT2D eigenvalue weighted by Gasteiger charge is -2.22. The predicted molar refractivity (Wildman–Crippen MR) is 93.3 cm³/mol. The molecular formula is C18H23N3O4. The van der Waals surface area contributed by atoms with Crippen molar-refractivity contribution in [2.45, 2.75) is 31.9 Å². The predicted octanol–water partition coefficient (Wildman–Crippen LogP) is 2.72. The number of methoxy groups -OCH3 is 2. The van der Waals surface area contributed by atoms with Crippen LogP contribution >= 0.6 is 0 Å². The minimum absolute atomic E-state index is 0.193. The molecule has 2 aromatic rings. The van der Waals surface area contributed by atoms with Gasteiger partial charge in [0.2, 0.25) is 0 Å². The molecule has 1 N–H and O–H groups in total. The minimum Gasteiger partial charge on any atom is -0.497 e. The second-order valence-electron chi connectivity index (χ2n) is 5.96. The molecule has 3 rings (SSSR count). The van der Waals surface area contributed by atoms with E-state index in [1.165, 1.54) is 13.5 Å². The highest BCUT2D eigenvalue weighted by molar-refractivity contribution is 6.06. The van der Waals surface area contributed by atoms with Crippen molar-refractivity contribution in [2.75, 3.05) is 26.1 Å². The number of benzene rings is 1. The lowest BCUT2D eigenvalue weighted by Crippen LogP contribution is -2.24. The summed E-state index contributed by atoms with van der Waals surface area (Å²) < 4.78 is 17.9. The number of hydrogen-bond acceptors (Lipinski definition) is 5. The number of anilines is 1. The van der Waals surface area contributed by atoms with Crippen LogP contribution in [0.25, 0.3) is 0 Å². The minimum atomic E-state index is -0.257. The van der Waals surface area contributed by atoms with Crippen molar-refractivity contribution < 1.29 is 19.0 Å². The molecule has 0 radical (unpaired) electrons. The fourth-order valence-corrected chi connectivity index (χ4v) is 2.87. The van der Waals surface area contributed by atoms with Crippen molar-refractivity contribution in [3.8, 4) is 11.5 Å². The molecule has 0 aliphatic carbocycles. The van der Waals surface area contributed by atoms with E-state index in [0.717, 1.165) is 19.4 Å². The van der Waals surface area contributed by atoms with Gasteiger partial charge >= 0.3 is 0 Å². The average Bonchev–Trinajstić information content (AvgIpc) is 3.08. The topological polar surface area (TPSA) is 74.6 Å². The van der Waals surface area contributed by atoms with Gasteiger partial charge in [0, 0.05) is 18.9 Å². The van der Waals surface area contributed by atoms with E-state index in [1.807, 2.05) is 6.20 Å². The van der Waals surface area contributed by atoms with Crippen molar-refractivity contribution in [3.05, 3.63) is 36.2 Å². The number of rotatable bonds is 6. The number of carbonyl (C=O) groups is 1. The van der Waals surface area contributed by atoms with Crippen molar-refractivity contribution in [2.24, 2.45) is 0 Å². The Labute approximate surface area is 146 Å². The summed E-state index contributed by atoms with van der Waals surface area (Å²) in [4.78, 5) is 12.5. The molecule has 25 heavy (non-hydrogen) atoms. The second-order valence-corrected chi connectivity index (χ2v) is 5.96. The number of ether oxygens (including phenoxy) is 3. The van der Waals surface area contributed by atoms with Gasteiger partial charge in [-0.3, -0.25) is 9.48 Å². The van der Waals surface area contributed by atoms with Gasteiger partial charge in [-0.25, -0.2) is 0 Å². The first-order valence-corrected chi connectivity index (χ1v) is 8.37. The molecule has 2 heterocycles. The highest BCUT2D eigenvalue weighted by Crippen LogP contribution is 2.25. The Morgan fingerprint density at radius 2 is 2.24 bits per heavy atom. The quantitative estimate of drug-likeness (QED) is 0.871. The van der Waals surface area contributed by atoms with Crippen LogP contribution in [0.3, 0.4) is 0 Å². The Hall–Kier alpha value is -2.54. The standard InChI is InChI=1S/C18H23N3O4/c1-23-14-6-7-16(17(9-14)24-2)18(22)20-13-10-19-21(11-13)12-15-5-3-4-8-25-15/h6-7,9-11,15H,3-5,8,12H2,1-2H3,(H,20,22). The summed E-state index contributed by atoms with van der Waals surface area (Å²) in [5, 5.41) is 7.14. The van der Waals surface area contributed by atoms with Crippen LogP contribution in [0.1, 0.15) is 29.6 Å². The van der Waals surface area contributed by atoms with Gasteiger partial charge in [0.05, 0.1) is 44.3 Å². The number of nitrogens with one attached hydrogen (secondary N) is 1. The van der Waals surface area contributed by atoms with E-state index in [9.17, 15) is 4.79 Å². The molecule has 1 atom stereocenters. The average molecular weight is 345 g/mol. The van der Waals surface area contributed by atoms with Crippen LogP contribution in [-0.2, 0) is 11.3 Å². The first kappa shape index (κ1) is 17.3. The summed E-state index contributed by atoms with van der Waals surface area (Å²) in [5.74, 6) is 0.835. The van der Waals surface area contributed by atoms with E-state index in [0.29, 0.717) is 29.3 Å². The van der Waals surface area contributed by atoms with Gasteiger partial charge in [0.1, 0.15) is 11.5 Å². The Morgan fingerprint density at radius 1 is 1.36 bits per heavy atom. The van der Waals surface area contributed by atoms with E-state index < -0.39 is 0 Å². The fourth-order valence-electron chi connectivity index (χ4n) is 2.87. The van der Waals surface area contributed by atoms with Gasteiger partial charge in [-0.2, -0.15) is 5.10 Å². The Balaban J connectivity index is 1.65. The molecule has 1 aromatic carbocycles. The zero-order valence-electron chi connectivity index (χ0n) is 14.5. The van der Waals surface area contributed by atoms with Gasteiger partial charge < -0.3 is 19.5 Å². The third-order valence-electron chi connectivity index (χ3n) is 4.21. The van der Waals surface area contributed by atoms with E-state index >= 15 is 0 Å². The third kappa shape index (κ3) is 4.30. The van der Waals surface area contributed by atoms with Gasteiger partial charge in [0.15, 0.2) is 0 Å². The summed E-state index contributed by atoms with van der Waals surface area (Å²) in [5.41, 5.74) is 1.07. The van der Waals surface area contributed by atoms with E-state index in [2.05, 4.69) is 10.4 Å². The zero-order valence-corrected chi connectivity index (χ0v) is 14.5. The molecule has 1 aliphatic heterocycles. The molecule has 7 nitrogen and oxygen atoms in total. The van der Waals surface area contributed by atoms with E-state index in [4.69, 9.17) is 14.2 Å². The van der Waals surface area contributed by atoms with Gasteiger partial charge in [-0.1, -0.05) is 0 Å². The molecule has 1 saturated heterocycles. The normalized spacial score (nSPS) is 17.1. The number of nitrogens with zero attached hydrogens (tertiary/aromatic N) is 2. The van der Waals surface area contributed by atoms with Crippen LogP contribution in [0.5, 0.6) is 11.5 Å². The fraction of sp³-hybridized carbons (Fsp3) is 0.444. The summed E-state index contributed by atoms with van der Waals surface area (Å²) in [6, 6.07) is 5.08. The summed E-state index contributed by atoms with van der Waals surface area (Å²) in [6.07, 6.45) is 7.00. The maximum atomic E-state index is 12.5. The van der Waals surface area contributed by atoms with Crippen LogP contribution in [0.2, 0.25) is 0 Å². The first-order valence-electron chi connectivity index (χ1n) is 8.37. The molecule has 7 heteroatoms. The van der Waals surface area contributed by atoms with Crippen LogP contribution in [-0.4, -0.2) is 42.6 Å². The van der Waals surface area contributed by atoms with E-state index in [1.54, 1.807) is 36.2 Å². The monoisotopic (exact) mass is 345 g/mol. The lowest BCUT2D eigenvalue weighted by molar-refractivity contribution is 0.00401. The van der Waals surface area contributed by atoms with Crippen molar-refractivity contribution >= 4 is 11.6 Å². The third-order valence-corrected chi connectivity index (χ3v) is 4.21. The number of aromatic nitrogens is 2. The van der Waals surface area contributed by atoms with Crippen molar-refractivity contribution in [3.63, 3.8) is 0 Å². The van der Waals surface area contributed by atoms with Crippen LogP contribution < -0.4 is 14.8 Å². The Bertz CT molecular complexity index is 723. The number of hydrogen-bond donors (Lipinski definition) is 1. The molecule has 1 aliphatic rings.